The van der Waals surface area contributed by atoms with E-state index in [1.165, 1.54) is 17.0 Å². The molecule has 3 aromatic carbocycles. The summed E-state index contributed by atoms with van der Waals surface area (Å²) in [7, 11) is 0. The molecule has 0 unspecified atom stereocenters. The lowest BCUT2D eigenvalue weighted by Gasteiger charge is -2.24. The van der Waals surface area contributed by atoms with Crippen molar-refractivity contribution in [2.24, 2.45) is 0 Å². The molecule has 0 saturated carbocycles. The molecule has 4 rings (SSSR count). The second-order valence-corrected chi connectivity index (χ2v) is 8.55. The Kier molecular flexibility index (Phi) is 7.72. The van der Waals surface area contributed by atoms with Crippen LogP contribution in [0.25, 0.3) is 0 Å². The average molecular weight is 492 g/mol. The van der Waals surface area contributed by atoms with Crippen molar-refractivity contribution in [3.05, 3.63) is 90.2 Å². The van der Waals surface area contributed by atoms with Crippen molar-refractivity contribution in [2.75, 3.05) is 16.8 Å². The van der Waals surface area contributed by atoms with E-state index in [4.69, 9.17) is 17.0 Å². The number of rotatable bonds is 9. The summed E-state index contributed by atoms with van der Waals surface area (Å²) in [6.07, 6.45) is 0.821. The van der Waals surface area contributed by atoms with Gasteiger partial charge in [-0.1, -0.05) is 37.3 Å². The number of carbonyl (C=O) groups is 2. The van der Waals surface area contributed by atoms with Gasteiger partial charge in [-0.2, -0.15) is 0 Å². The number of hydrogen-bond donors (Lipinski definition) is 1. The summed E-state index contributed by atoms with van der Waals surface area (Å²) < 4.78 is 19.0. The molecule has 1 saturated heterocycles. The van der Waals surface area contributed by atoms with Crippen LogP contribution in [0.15, 0.2) is 78.9 Å². The molecule has 1 atom stereocenters. The number of para-hydroxylation sites is 1. The van der Waals surface area contributed by atoms with E-state index in [9.17, 15) is 14.0 Å². The van der Waals surface area contributed by atoms with Crippen LogP contribution in [-0.4, -0.2) is 34.5 Å². The van der Waals surface area contributed by atoms with Gasteiger partial charge in [0, 0.05) is 12.2 Å². The quantitative estimate of drug-likeness (QED) is 0.420. The van der Waals surface area contributed by atoms with Crippen molar-refractivity contribution in [1.29, 1.82) is 0 Å². The average Bonchev–Trinajstić information content (AvgIpc) is 3.09. The summed E-state index contributed by atoms with van der Waals surface area (Å²) in [6.45, 7) is 2.93. The third-order valence-corrected chi connectivity index (χ3v) is 6.01. The van der Waals surface area contributed by atoms with Crippen molar-refractivity contribution in [3.63, 3.8) is 0 Å². The predicted octanol–water partition coefficient (Wildman–Crippen LogP) is 5.15. The number of nitrogens with one attached hydrogen (secondary N) is 1. The summed E-state index contributed by atoms with van der Waals surface area (Å²) in [6, 6.07) is 21.4. The molecule has 8 heteroatoms. The topological polar surface area (TPSA) is 61.9 Å². The van der Waals surface area contributed by atoms with E-state index in [-0.39, 0.29) is 30.6 Å². The molecule has 0 radical (unpaired) electrons. The maximum Gasteiger partial charge on any atom is 0.256 e. The van der Waals surface area contributed by atoms with E-state index in [2.05, 4.69) is 5.32 Å². The van der Waals surface area contributed by atoms with Gasteiger partial charge in [-0.05, 0) is 72.7 Å². The first kappa shape index (κ1) is 24.3. The minimum atomic E-state index is -0.792. The molecule has 35 heavy (non-hydrogen) atoms. The highest BCUT2D eigenvalue weighted by Gasteiger charge is 2.44. The zero-order valence-corrected chi connectivity index (χ0v) is 20.1. The van der Waals surface area contributed by atoms with E-state index >= 15 is 0 Å². The van der Waals surface area contributed by atoms with Gasteiger partial charge in [0.1, 0.15) is 17.6 Å². The fraction of sp³-hybridized carbons (Fsp3) is 0.222. The van der Waals surface area contributed by atoms with Crippen LogP contribution in [0.2, 0.25) is 0 Å². The predicted molar refractivity (Wildman–Crippen MR) is 138 cm³/mol. The highest BCUT2D eigenvalue weighted by molar-refractivity contribution is 7.80. The number of amides is 2. The fourth-order valence-corrected chi connectivity index (χ4v) is 4.24. The highest BCUT2D eigenvalue weighted by atomic mass is 32.1. The zero-order chi connectivity index (χ0) is 24.8. The van der Waals surface area contributed by atoms with Crippen LogP contribution in [0.3, 0.4) is 0 Å². The maximum atomic E-state index is 13.4. The molecule has 1 heterocycles. The molecule has 0 bridgehead atoms. The minimum Gasteiger partial charge on any atom is -0.494 e. The molecule has 1 aliphatic heterocycles. The lowest BCUT2D eigenvalue weighted by atomic mass is 10.1. The van der Waals surface area contributed by atoms with Gasteiger partial charge in [0.05, 0.1) is 18.7 Å². The van der Waals surface area contributed by atoms with Crippen LogP contribution in [0.1, 0.15) is 25.3 Å². The summed E-state index contributed by atoms with van der Waals surface area (Å²) in [5.41, 5.74) is 2.03. The van der Waals surface area contributed by atoms with E-state index < -0.39 is 6.04 Å². The van der Waals surface area contributed by atoms with Crippen molar-refractivity contribution in [3.8, 4) is 5.75 Å². The van der Waals surface area contributed by atoms with Crippen LogP contribution >= 0.6 is 12.2 Å². The third-order valence-electron chi connectivity index (χ3n) is 5.59. The number of hydrogen-bond acceptors (Lipinski definition) is 4. The van der Waals surface area contributed by atoms with E-state index in [0.29, 0.717) is 23.1 Å². The number of carbonyl (C=O) groups excluding carboxylic acids is 2. The molecule has 2 amide bonds. The van der Waals surface area contributed by atoms with Crippen molar-refractivity contribution >= 4 is 40.5 Å². The van der Waals surface area contributed by atoms with Crippen LogP contribution in [0.4, 0.5) is 15.8 Å². The Labute approximate surface area is 209 Å². The first-order valence-electron chi connectivity index (χ1n) is 11.4. The second-order valence-electron chi connectivity index (χ2n) is 8.19. The molecule has 1 N–H and O–H groups in total. The van der Waals surface area contributed by atoms with Gasteiger partial charge >= 0.3 is 0 Å². The summed E-state index contributed by atoms with van der Waals surface area (Å²) in [5.74, 6) is -0.207. The molecule has 180 valence electrons. The molecular formula is C27H26FN3O3S. The summed E-state index contributed by atoms with van der Waals surface area (Å²) in [4.78, 5) is 29.6. The second kappa shape index (κ2) is 11.1. The first-order chi connectivity index (χ1) is 17.0. The van der Waals surface area contributed by atoms with Crippen molar-refractivity contribution < 1.29 is 18.7 Å². The molecule has 0 spiro atoms. The molecule has 1 aliphatic rings. The molecule has 0 aliphatic carbocycles. The zero-order valence-electron chi connectivity index (χ0n) is 19.3. The Morgan fingerprint density at radius 1 is 1.03 bits per heavy atom. The first-order valence-corrected chi connectivity index (χ1v) is 11.8. The van der Waals surface area contributed by atoms with Gasteiger partial charge in [0.15, 0.2) is 5.11 Å². The highest BCUT2D eigenvalue weighted by Crippen LogP contribution is 2.29. The van der Waals surface area contributed by atoms with E-state index in [1.54, 1.807) is 53.4 Å². The minimum absolute atomic E-state index is 0.0857. The third kappa shape index (κ3) is 5.84. The van der Waals surface area contributed by atoms with Gasteiger partial charge in [0.25, 0.3) is 5.91 Å². The van der Waals surface area contributed by atoms with Gasteiger partial charge in [-0.3, -0.25) is 14.5 Å². The van der Waals surface area contributed by atoms with Crippen LogP contribution in [-0.2, 0) is 16.1 Å². The number of benzene rings is 3. The largest absolute Gasteiger partial charge is 0.494 e. The summed E-state index contributed by atoms with van der Waals surface area (Å²) >= 11 is 5.67. The lowest BCUT2D eigenvalue weighted by Crippen LogP contribution is -2.37. The smallest absolute Gasteiger partial charge is 0.256 e. The standard InChI is InChI=1S/C27H26FN3O3S/c1-2-16-34-23-14-12-21(13-15-23)29-25(32)17-24-26(33)31(22-6-4-3-5-7-22)27(35)30(24)18-19-8-10-20(28)11-9-19/h3-15,24H,2,16-18H2,1H3,(H,29,32)/t24-/m1/s1. The number of ether oxygens (including phenoxy) is 1. The van der Waals surface area contributed by atoms with E-state index in [1.807, 2.05) is 25.1 Å². The van der Waals surface area contributed by atoms with Gasteiger partial charge in [-0.15, -0.1) is 0 Å². The Morgan fingerprint density at radius 2 is 1.71 bits per heavy atom. The van der Waals surface area contributed by atoms with Gasteiger partial charge < -0.3 is 15.0 Å². The number of halogens is 1. The Morgan fingerprint density at radius 3 is 2.37 bits per heavy atom. The van der Waals surface area contributed by atoms with Gasteiger partial charge in [-0.25, -0.2) is 4.39 Å². The number of nitrogens with zero attached hydrogens (tertiary/aromatic N) is 2. The number of thiocarbonyl (C=S) groups is 1. The van der Waals surface area contributed by atoms with Crippen molar-refractivity contribution in [1.82, 2.24) is 4.90 Å². The number of anilines is 2. The molecule has 3 aromatic rings. The van der Waals surface area contributed by atoms with Crippen LogP contribution < -0.4 is 15.0 Å². The fourth-order valence-electron chi connectivity index (χ4n) is 3.86. The monoisotopic (exact) mass is 491 g/mol. The Balaban J connectivity index is 1.52. The SMILES string of the molecule is CCCOc1ccc(NC(=O)C[C@@H]2C(=O)N(c3ccccc3)C(=S)N2Cc2ccc(F)cc2)cc1. The maximum absolute atomic E-state index is 13.4. The molecular weight excluding hydrogens is 465 g/mol. The van der Waals surface area contributed by atoms with Crippen LogP contribution in [0.5, 0.6) is 5.75 Å². The van der Waals surface area contributed by atoms with Crippen LogP contribution in [0, 0.1) is 5.82 Å². The Bertz CT molecular complexity index is 1190. The molecule has 6 nitrogen and oxygen atoms in total. The van der Waals surface area contributed by atoms with E-state index in [0.717, 1.165) is 17.7 Å². The van der Waals surface area contributed by atoms with Gasteiger partial charge in [0.2, 0.25) is 5.91 Å². The molecule has 0 aromatic heterocycles. The Hall–Kier alpha value is -3.78. The molecule has 1 fully saturated rings. The lowest BCUT2D eigenvalue weighted by molar-refractivity contribution is -0.124. The van der Waals surface area contributed by atoms with Crippen molar-refractivity contribution in [2.45, 2.75) is 32.4 Å². The normalized spacial score (nSPS) is 15.4. The summed E-state index contributed by atoms with van der Waals surface area (Å²) in [5, 5.41) is 3.16.